The van der Waals surface area contributed by atoms with Crippen LogP contribution in [0.15, 0.2) is 30.6 Å². The number of rotatable bonds is 11. The number of nitrogens with zero attached hydrogens (tertiary/aromatic N) is 2. The fraction of sp³-hybridized carbons (Fsp3) is 0.524. The average molecular weight is 344 g/mol. The molecule has 0 amide bonds. The first-order valence-corrected chi connectivity index (χ1v) is 9.48. The first-order valence-electron chi connectivity index (χ1n) is 9.48. The van der Waals surface area contributed by atoms with Crippen LogP contribution in [0.4, 0.5) is 4.39 Å². The van der Waals surface area contributed by atoms with Crippen molar-refractivity contribution in [3.05, 3.63) is 42.1 Å². The summed E-state index contributed by atoms with van der Waals surface area (Å²) in [6, 6.07) is 4.94. The van der Waals surface area contributed by atoms with Gasteiger partial charge in [-0.1, -0.05) is 46.0 Å². The van der Waals surface area contributed by atoms with Crippen molar-refractivity contribution in [2.45, 2.75) is 65.2 Å². The molecular formula is C21H29FN2O. The highest BCUT2D eigenvalue weighted by Crippen LogP contribution is 2.24. The number of unbranched alkanes of at least 4 members (excludes halogenated alkanes) is 5. The monoisotopic (exact) mass is 344 g/mol. The molecule has 0 N–H and O–H groups in total. The molecular weight excluding hydrogens is 315 g/mol. The number of halogens is 1. The first kappa shape index (κ1) is 19.4. The highest BCUT2D eigenvalue weighted by atomic mass is 19.1. The molecule has 2 aromatic rings. The van der Waals surface area contributed by atoms with E-state index in [1.165, 1.54) is 38.2 Å². The van der Waals surface area contributed by atoms with E-state index in [1.54, 1.807) is 18.5 Å². The van der Waals surface area contributed by atoms with E-state index in [9.17, 15) is 4.39 Å². The fourth-order valence-electron chi connectivity index (χ4n) is 2.71. The fourth-order valence-corrected chi connectivity index (χ4v) is 2.71. The summed E-state index contributed by atoms with van der Waals surface area (Å²) in [7, 11) is 0. The van der Waals surface area contributed by atoms with Crippen LogP contribution in [0.3, 0.4) is 0 Å². The third-order valence-electron chi connectivity index (χ3n) is 4.18. The standard InChI is InChI=1S/C21H29FN2O/c1-3-5-6-7-8-9-10-18-15-24-20(16-23-18)17-11-12-21(19(22)14-17)25-13-4-2/h11-12,14-16H,3-10,13H2,1-2H3. The summed E-state index contributed by atoms with van der Waals surface area (Å²) < 4.78 is 19.4. The van der Waals surface area contributed by atoms with Crippen molar-refractivity contribution in [1.82, 2.24) is 9.97 Å². The second kappa shape index (κ2) is 10.8. The lowest BCUT2D eigenvalue weighted by Crippen LogP contribution is -1.98. The van der Waals surface area contributed by atoms with Gasteiger partial charge in [-0.2, -0.15) is 0 Å². The molecule has 0 aliphatic carbocycles. The summed E-state index contributed by atoms with van der Waals surface area (Å²) >= 11 is 0. The maximum absolute atomic E-state index is 14.1. The molecule has 4 heteroatoms. The van der Waals surface area contributed by atoms with Gasteiger partial charge in [0.25, 0.3) is 0 Å². The number of ether oxygens (including phenoxy) is 1. The summed E-state index contributed by atoms with van der Waals surface area (Å²) in [5, 5.41) is 0. The molecule has 0 saturated heterocycles. The average Bonchev–Trinajstić information content (AvgIpc) is 2.64. The first-order chi connectivity index (χ1) is 12.2. The van der Waals surface area contributed by atoms with E-state index in [-0.39, 0.29) is 5.82 Å². The molecule has 0 radical (unpaired) electrons. The maximum atomic E-state index is 14.1. The molecule has 0 fully saturated rings. The molecule has 1 heterocycles. The van der Waals surface area contributed by atoms with Crippen LogP contribution < -0.4 is 4.74 Å². The maximum Gasteiger partial charge on any atom is 0.165 e. The lowest BCUT2D eigenvalue weighted by molar-refractivity contribution is 0.301. The van der Waals surface area contributed by atoms with Crippen molar-refractivity contribution in [3.63, 3.8) is 0 Å². The molecule has 1 aromatic carbocycles. The Labute approximate surface area is 150 Å². The molecule has 136 valence electrons. The zero-order valence-electron chi connectivity index (χ0n) is 15.4. The van der Waals surface area contributed by atoms with Gasteiger partial charge >= 0.3 is 0 Å². The van der Waals surface area contributed by atoms with E-state index < -0.39 is 0 Å². The van der Waals surface area contributed by atoms with Crippen molar-refractivity contribution in [1.29, 1.82) is 0 Å². The Morgan fingerprint density at radius 2 is 1.72 bits per heavy atom. The Balaban J connectivity index is 1.88. The Bertz CT molecular complexity index is 628. The number of hydrogen-bond acceptors (Lipinski definition) is 3. The zero-order valence-corrected chi connectivity index (χ0v) is 15.4. The third kappa shape index (κ3) is 6.45. The number of aryl methyl sites for hydroxylation is 1. The van der Waals surface area contributed by atoms with E-state index in [4.69, 9.17) is 4.74 Å². The van der Waals surface area contributed by atoms with Crippen LogP contribution in [-0.4, -0.2) is 16.6 Å². The predicted molar refractivity (Wildman–Crippen MR) is 100 cm³/mol. The molecule has 0 saturated carbocycles. The van der Waals surface area contributed by atoms with E-state index in [2.05, 4.69) is 16.9 Å². The minimum Gasteiger partial charge on any atom is -0.491 e. The van der Waals surface area contributed by atoms with Gasteiger partial charge in [-0.3, -0.25) is 9.97 Å². The van der Waals surface area contributed by atoms with Crippen LogP contribution in [0, 0.1) is 5.82 Å². The minimum atomic E-state index is -0.357. The van der Waals surface area contributed by atoms with E-state index in [1.807, 2.05) is 13.0 Å². The van der Waals surface area contributed by atoms with Crippen LogP contribution in [-0.2, 0) is 6.42 Å². The predicted octanol–water partition coefficient (Wildman–Crippen LogP) is 5.97. The van der Waals surface area contributed by atoms with Gasteiger partial charge in [0.05, 0.1) is 24.2 Å². The topological polar surface area (TPSA) is 35.0 Å². The second-order valence-electron chi connectivity index (χ2n) is 6.40. The Kier molecular flexibility index (Phi) is 8.36. The lowest BCUT2D eigenvalue weighted by Gasteiger charge is -2.08. The molecule has 0 aliphatic rings. The van der Waals surface area contributed by atoms with Gasteiger partial charge in [0, 0.05) is 11.8 Å². The molecule has 2 rings (SSSR count). The van der Waals surface area contributed by atoms with Gasteiger partial charge in [0.15, 0.2) is 11.6 Å². The zero-order chi connectivity index (χ0) is 17.9. The molecule has 0 spiro atoms. The van der Waals surface area contributed by atoms with Gasteiger partial charge in [-0.05, 0) is 37.5 Å². The summed E-state index contributed by atoms with van der Waals surface area (Å²) in [6.45, 7) is 4.74. The lowest BCUT2D eigenvalue weighted by atomic mass is 10.1. The van der Waals surface area contributed by atoms with Crippen LogP contribution >= 0.6 is 0 Å². The summed E-state index contributed by atoms with van der Waals surface area (Å²) in [5.74, 6) is -0.0674. The second-order valence-corrected chi connectivity index (χ2v) is 6.40. The van der Waals surface area contributed by atoms with Gasteiger partial charge in [-0.15, -0.1) is 0 Å². The van der Waals surface area contributed by atoms with Crippen molar-refractivity contribution in [2.75, 3.05) is 6.61 Å². The normalized spacial score (nSPS) is 10.8. The van der Waals surface area contributed by atoms with Gasteiger partial charge in [-0.25, -0.2) is 4.39 Å². The molecule has 0 atom stereocenters. The van der Waals surface area contributed by atoms with Gasteiger partial charge in [0.1, 0.15) is 0 Å². The summed E-state index contributed by atoms with van der Waals surface area (Å²) in [6.07, 6.45) is 13.0. The minimum absolute atomic E-state index is 0.290. The van der Waals surface area contributed by atoms with Crippen molar-refractivity contribution in [3.8, 4) is 17.0 Å². The quantitative estimate of drug-likeness (QED) is 0.471. The van der Waals surface area contributed by atoms with Crippen LogP contribution in [0.1, 0.15) is 64.5 Å². The Morgan fingerprint density at radius 1 is 0.920 bits per heavy atom. The smallest absolute Gasteiger partial charge is 0.165 e. The van der Waals surface area contributed by atoms with Crippen LogP contribution in [0.5, 0.6) is 5.75 Å². The van der Waals surface area contributed by atoms with E-state index in [0.717, 1.165) is 30.5 Å². The third-order valence-corrected chi connectivity index (χ3v) is 4.18. The molecule has 0 aliphatic heterocycles. The number of hydrogen-bond donors (Lipinski definition) is 0. The van der Waals surface area contributed by atoms with Gasteiger partial charge < -0.3 is 4.74 Å². The van der Waals surface area contributed by atoms with Crippen molar-refractivity contribution >= 4 is 0 Å². The SMILES string of the molecule is CCCCCCCCc1cnc(-c2ccc(OCCC)c(F)c2)cn1. The number of benzene rings is 1. The molecule has 0 bridgehead atoms. The van der Waals surface area contributed by atoms with Crippen LogP contribution in [0.25, 0.3) is 11.3 Å². The molecule has 25 heavy (non-hydrogen) atoms. The molecule has 0 unspecified atom stereocenters. The summed E-state index contributed by atoms with van der Waals surface area (Å²) in [5.41, 5.74) is 2.41. The largest absolute Gasteiger partial charge is 0.491 e. The Morgan fingerprint density at radius 3 is 2.40 bits per heavy atom. The molecule has 3 nitrogen and oxygen atoms in total. The Hall–Kier alpha value is -1.97. The highest BCUT2D eigenvalue weighted by molar-refractivity contribution is 5.59. The van der Waals surface area contributed by atoms with Crippen LogP contribution in [0.2, 0.25) is 0 Å². The van der Waals surface area contributed by atoms with E-state index >= 15 is 0 Å². The molecule has 1 aromatic heterocycles. The van der Waals surface area contributed by atoms with Gasteiger partial charge in [0.2, 0.25) is 0 Å². The van der Waals surface area contributed by atoms with Crippen molar-refractivity contribution in [2.24, 2.45) is 0 Å². The highest BCUT2D eigenvalue weighted by Gasteiger charge is 2.07. The number of aromatic nitrogens is 2. The summed E-state index contributed by atoms with van der Waals surface area (Å²) in [4.78, 5) is 8.91. The van der Waals surface area contributed by atoms with E-state index in [0.29, 0.717) is 18.1 Å². The van der Waals surface area contributed by atoms with Crippen molar-refractivity contribution < 1.29 is 9.13 Å².